The summed E-state index contributed by atoms with van der Waals surface area (Å²) in [6.07, 6.45) is 25.1. The van der Waals surface area contributed by atoms with Crippen molar-refractivity contribution in [3.63, 3.8) is 0 Å². The fraction of sp³-hybridized carbons (Fsp3) is 0.875. The van der Waals surface area contributed by atoms with Gasteiger partial charge in [0.1, 0.15) is 5.82 Å². The molecule has 0 atom stereocenters. The molecule has 0 unspecified atom stereocenters. The number of rotatable bonds is 3. The normalized spacial score (nSPS) is 22.5. The lowest BCUT2D eigenvalue weighted by molar-refractivity contribution is 0.477. The van der Waals surface area contributed by atoms with Crippen LogP contribution in [0.3, 0.4) is 0 Å². The van der Waals surface area contributed by atoms with E-state index in [1.807, 2.05) is 0 Å². The lowest BCUT2D eigenvalue weighted by Crippen LogP contribution is -2.23. The van der Waals surface area contributed by atoms with Crippen LogP contribution in [-0.2, 0) is 0 Å². The Hall–Kier alpha value is -1.39. The summed E-state index contributed by atoms with van der Waals surface area (Å²) in [5.41, 5.74) is 6.11. The first-order valence-electron chi connectivity index (χ1n) is 12.6. The Labute approximate surface area is 178 Å². The number of nitrogens with one attached hydrogen (secondary N) is 1. The van der Waals surface area contributed by atoms with Gasteiger partial charge in [0.2, 0.25) is 11.9 Å². The van der Waals surface area contributed by atoms with Crippen LogP contribution in [0.15, 0.2) is 0 Å². The molecule has 2 aliphatic rings. The van der Waals surface area contributed by atoms with E-state index in [-0.39, 0.29) is 0 Å². The summed E-state index contributed by atoms with van der Waals surface area (Å²) in [4.78, 5) is 13.9. The lowest BCUT2D eigenvalue weighted by Gasteiger charge is -2.21. The van der Waals surface area contributed by atoms with Gasteiger partial charge in [-0.2, -0.15) is 15.0 Å². The highest BCUT2D eigenvalue weighted by molar-refractivity contribution is 5.32. The third-order valence-corrected chi connectivity index (χ3v) is 6.83. The van der Waals surface area contributed by atoms with E-state index < -0.39 is 0 Å². The third kappa shape index (κ3) is 8.47. The Kier molecular flexibility index (Phi) is 10.0. The fourth-order valence-corrected chi connectivity index (χ4v) is 5.04. The molecule has 1 heterocycles. The molecule has 3 N–H and O–H groups in total. The molecular weight excluding hydrogens is 358 g/mol. The number of nitrogens with two attached hydrogens (primary N) is 1. The van der Waals surface area contributed by atoms with Crippen LogP contribution in [0.5, 0.6) is 0 Å². The minimum atomic E-state index is 0.380. The van der Waals surface area contributed by atoms with E-state index >= 15 is 0 Å². The van der Waals surface area contributed by atoms with Crippen LogP contribution in [0.4, 0.5) is 11.9 Å². The Morgan fingerprint density at radius 2 is 1.00 bits per heavy atom. The number of nitrogen functional groups attached to an aromatic ring is 1. The molecule has 0 radical (unpaired) electrons. The van der Waals surface area contributed by atoms with E-state index in [0.717, 1.165) is 5.82 Å². The molecular formula is C24H43N5. The number of anilines is 2. The van der Waals surface area contributed by atoms with Gasteiger partial charge in [0.15, 0.2) is 0 Å². The second-order valence-electron chi connectivity index (χ2n) is 9.37. The summed E-state index contributed by atoms with van der Waals surface area (Å²) in [5, 5.41) is 3.65. The Balaban J connectivity index is 1.63. The summed E-state index contributed by atoms with van der Waals surface area (Å²) in [6.45, 7) is 0. The molecule has 2 fully saturated rings. The van der Waals surface area contributed by atoms with Gasteiger partial charge in [-0.25, -0.2) is 0 Å². The highest BCUT2D eigenvalue weighted by atomic mass is 15.2. The van der Waals surface area contributed by atoms with Gasteiger partial charge in [0.25, 0.3) is 0 Å². The number of aromatic nitrogens is 3. The smallest absolute Gasteiger partial charge is 0.227 e. The van der Waals surface area contributed by atoms with Crippen molar-refractivity contribution < 1.29 is 0 Å². The topological polar surface area (TPSA) is 76.7 Å². The highest BCUT2D eigenvalue weighted by Crippen LogP contribution is 2.29. The molecule has 164 valence electrons. The van der Waals surface area contributed by atoms with Crippen molar-refractivity contribution in [2.24, 2.45) is 0 Å². The third-order valence-electron chi connectivity index (χ3n) is 6.83. The van der Waals surface area contributed by atoms with E-state index in [4.69, 9.17) is 10.7 Å². The van der Waals surface area contributed by atoms with Crippen LogP contribution >= 0.6 is 0 Å². The predicted molar refractivity (Wildman–Crippen MR) is 122 cm³/mol. The molecule has 1 aromatic rings. The second kappa shape index (κ2) is 13.0. The molecule has 0 bridgehead atoms. The van der Waals surface area contributed by atoms with Crippen molar-refractivity contribution in [2.75, 3.05) is 11.1 Å². The standard InChI is InChI=1S/C24H43N5/c25-23-27-22(20-16-12-8-6-7-9-13-17-20)28-24(29-23)26-21-18-14-10-4-2-1-3-5-11-15-19-21/h20-21H,1-19H2,(H3,25,26,27,28,29). The maximum Gasteiger partial charge on any atom is 0.227 e. The number of nitrogens with zero attached hydrogens (tertiary/aromatic N) is 3. The van der Waals surface area contributed by atoms with Crippen molar-refractivity contribution >= 4 is 11.9 Å². The summed E-state index contributed by atoms with van der Waals surface area (Å²) >= 11 is 0. The molecule has 0 amide bonds. The summed E-state index contributed by atoms with van der Waals surface area (Å²) in [7, 11) is 0. The minimum absolute atomic E-state index is 0.380. The van der Waals surface area contributed by atoms with Crippen molar-refractivity contribution in [3.05, 3.63) is 5.82 Å². The van der Waals surface area contributed by atoms with Crippen LogP contribution in [-0.4, -0.2) is 21.0 Å². The quantitative estimate of drug-likeness (QED) is 0.585. The monoisotopic (exact) mass is 401 g/mol. The zero-order chi connectivity index (χ0) is 20.2. The molecule has 3 rings (SSSR count). The van der Waals surface area contributed by atoms with Crippen LogP contribution in [0.25, 0.3) is 0 Å². The minimum Gasteiger partial charge on any atom is -0.368 e. The molecule has 2 aliphatic carbocycles. The Morgan fingerprint density at radius 1 is 0.552 bits per heavy atom. The lowest BCUT2D eigenvalue weighted by atomic mass is 9.96. The van der Waals surface area contributed by atoms with E-state index in [1.165, 1.54) is 122 Å². The molecule has 0 saturated heterocycles. The van der Waals surface area contributed by atoms with Gasteiger partial charge in [-0.15, -0.1) is 0 Å². The maximum atomic E-state index is 6.11. The highest BCUT2D eigenvalue weighted by Gasteiger charge is 2.19. The van der Waals surface area contributed by atoms with Gasteiger partial charge in [-0.3, -0.25) is 0 Å². The second-order valence-corrected chi connectivity index (χ2v) is 9.37. The molecule has 0 aliphatic heterocycles. The molecule has 2 saturated carbocycles. The molecule has 0 spiro atoms. The zero-order valence-corrected chi connectivity index (χ0v) is 18.5. The average Bonchev–Trinajstić information content (AvgIpc) is 2.84. The molecule has 1 aromatic heterocycles. The van der Waals surface area contributed by atoms with Crippen molar-refractivity contribution in [3.8, 4) is 0 Å². The number of hydrogen-bond acceptors (Lipinski definition) is 5. The molecule has 0 aromatic carbocycles. The van der Waals surface area contributed by atoms with Gasteiger partial charge in [0.05, 0.1) is 0 Å². The van der Waals surface area contributed by atoms with Gasteiger partial charge < -0.3 is 11.1 Å². The average molecular weight is 402 g/mol. The molecule has 5 nitrogen and oxygen atoms in total. The van der Waals surface area contributed by atoms with Crippen molar-refractivity contribution in [1.82, 2.24) is 15.0 Å². The Morgan fingerprint density at radius 3 is 1.52 bits per heavy atom. The number of hydrogen-bond donors (Lipinski definition) is 2. The fourth-order valence-electron chi connectivity index (χ4n) is 5.04. The van der Waals surface area contributed by atoms with E-state index in [2.05, 4.69) is 15.3 Å². The van der Waals surface area contributed by atoms with Crippen LogP contribution in [0.2, 0.25) is 0 Å². The first-order valence-corrected chi connectivity index (χ1v) is 12.6. The first kappa shape index (κ1) is 22.3. The van der Waals surface area contributed by atoms with Crippen LogP contribution in [0, 0.1) is 0 Å². The van der Waals surface area contributed by atoms with E-state index in [1.54, 1.807) is 0 Å². The molecule has 5 heteroatoms. The van der Waals surface area contributed by atoms with Crippen molar-refractivity contribution in [2.45, 2.75) is 134 Å². The summed E-state index contributed by atoms with van der Waals surface area (Å²) < 4.78 is 0. The van der Waals surface area contributed by atoms with E-state index in [0.29, 0.717) is 23.9 Å². The summed E-state index contributed by atoms with van der Waals surface area (Å²) in [6, 6.07) is 0.463. The van der Waals surface area contributed by atoms with Crippen molar-refractivity contribution in [1.29, 1.82) is 0 Å². The van der Waals surface area contributed by atoms with Gasteiger partial charge in [-0.1, -0.05) is 96.3 Å². The van der Waals surface area contributed by atoms with Crippen LogP contribution in [0.1, 0.15) is 134 Å². The predicted octanol–water partition coefficient (Wildman–Crippen LogP) is 6.76. The zero-order valence-electron chi connectivity index (χ0n) is 18.5. The van der Waals surface area contributed by atoms with Gasteiger partial charge in [-0.05, 0) is 25.7 Å². The first-order chi connectivity index (χ1) is 14.3. The molecule has 29 heavy (non-hydrogen) atoms. The Bertz CT molecular complexity index is 554. The van der Waals surface area contributed by atoms with Gasteiger partial charge >= 0.3 is 0 Å². The van der Waals surface area contributed by atoms with Gasteiger partial charge in [0, 0.05) is 12.0 Å². The largest absolute Gasteiger partial charge is 0.368 e. The summed E-state index contributed by atoms with van der Waals surface area (Å²) in [5.74, 6) is 2.46. The SMILES string of the molecule is Nc1nc(NC2CCCCCCCCCCC2)nc(C2CCCCCCCC2)n1. The maximum absolute atomic E-state index is 6.11. The van der Waals surface area contributed by atoms with Crippen LogP contribution < -0.4 is 11.1 Å². The van der Waals surface area contributed by atoms with E-state index in [9.17, 15) is 0 Å².